The molecule has 5 aromatic rings. The Morgan fingerprint density at radius 2 is 1.79 bits per heavy atom. The highest BCUT2D eigenvalue weighted by Crippen LogP contribution is 2.29. The van der Waals surface area contributed by atoms with Crippen molar-refractivity contribution in [3.05, 3.63) is 94.2 Å². The molecule has 170 valence electrons. The number of nitrogens with zero attached hydrogens (tertiary/aromatic N) is 4. The SMILES string of the molecule is COC(=O)c1ccoc1CSc1nnc(-c2nn(Cc3ccccc3)c(=O)c3ccccc23)o1. The van der Waals surface area contributed by atoms with E-state index in [-0.39, 0.29) is 16.7 Å². The zero-order valence-electron chi connectivity index (χ0n) is 18.0. The first-order valence-electron chi connectivity index (χ1n) is 10.3. The van der Waals surface area contributed by atoms with Crippen molar-refractivity contribution in [3.63, 3.8) is 0 Å². The standard InChI is InChI=1S/C24H18N4O5S/c1-31-23(30)18-11-12-32-19(18)14-34-24-26-25-21(33-24)20-16-9-5-6-10-17(16)22(29)28(27-20)13-15-7-3-2-4-8-15/h2-12H,13-14H2,1H3. The highest BCUT2D eigenvalue weighted by Gasteiger charge is 2.20. The number of hydrogen-bond donors (Lipinski definition) is 0. The number of methoxy groups -OCH3 is 1. The minimum atomic E-state index is -0.480. The minimum absolute atomic E-state index is 0.188. The van der Waals surface area contributed by atoms with Gasteiger partial charge in [-0.2, -0.15) is 5.10 Å². The molecule has 0 atom stereocenters. The molecule has 0 N–H and O–H groups in total. The second-order valence-corrected chi connectivity index (χ2v) is 8.18. The van der Waals surface area contributed by atoms with Gasteiger partial charge in [-0.3, -0.25) is 4.79 Å². The lowest BCUT2D eigenvalue weighted by Crippen LogP contribution is -2.24. The molecule has 34 heavy (non-hydrogen) atoms. The van der Waals surface area contributed by atoms with Crippen molar-refractivity contribution in [3.8, 4) is 11.6 Å². The monoisotopic (exact) mass is 474 g/mol. The first kappa shape index (κ1) is 21.7. The number of aromatic nitrogens is 4. The molecule has 0 unspecified atom stereocenters. The number of carbonyl (C=O) groups excluding carboxylic acids is 1. The van der Waals surface area contributed by atoms with E-state index in [1.165, 1.54) is 29.8 Å². The van der Waals surface area contributed by atoms with E-state index >= 15 is 0 Å². The number of furan rings is 1. The predicted molar refractivity (Wildman–Crippen MR) is 124 cm³/mol. The molecule has 9 nitrogen and oxygen atoms in total. The van der Waals surface area contributed by atoms with Crippen molar-refractivity contribution in [2.75, 3.05) is 7.11 Å². The largest absolute Gasteiger partial charge is 0.468 e. The fourth-order valence-corrected chi connectivity index (χ4v) is 4.21. The summed E-state index contributed by atoms with van der Waals surface area (Å²) in [5.41, 5.74) is 1.50. The van der Waals surface area contributed by atoms with Crippen molar-refractivity contribution < 1.29 is 18.4 Å². The fourth-order valence-electron chi connectivity index (χ4n) is 3.49. The Bertz CT molecular complexity index is 1520. The van der Waals surface area contributed by atoms with E-state index in [1.54, 1.807) is 24.3 Å². The van der Waals surface area contributed by atoms with E-state index in [2.05, 4.69) is 15.3 Å². The summed E-state index contributed by atoms with van der Waals surface area (Å²) < 4.78 is 17.4. The molecule has 10 heteroatoms. The van der Waals surface area contributed by atoms with Crippen LogP contribution in [0.15, 0.2) is 85.8 Å². The number of hydrogen-bond acceptors (Lipinski definition) is 9. The lowest BCUT2D eigenvalue weighted by molar-refractivity contribution is 0.0598. The normalized spacial score (nSPS) is 11.1. The van der Waals surface area contributed by atoms with Crippen LogP contribution in [0.2, 0.25) is 0 Å². The first-order chi connectivity index (χ1) is 16.6. The van der Waals surface area contributed by atoms with Crippen LogP contribution in [0, 0.1) is 0 Å². The number of carbonyl (C=O) groups is 1. The molecule has 5 rings (SSSR count). The van der Waals surface area contributed by atoms with Gasteiger partial charge in [0.2, 0.25) is 0 Å². The molecule has 0 aliphatic rings. The molecular formula is C24H18N4O5S. The lowest BCUT2D eigenvalue weighted by Gasteiger charge is -2.09. The Kier molecular flexibility index (Phi) is 5.96. The third kappa shape index (κ3) is 4.23. The van der Waals surface area contributed by atoms with Crippen LogP contribution in [0.25, 0.3) is 22.4 Å². The van der Waals surface area contributed by atoms with Gasteiger partial charge in [0.15, 0.2) is 5.69 Å². The van der Waals surface area contributed by atoms with Gasteiger partial charge in [0.25, 0.3) is 16.7 Å². The summed E-state index contributed by atoms with van der Waals surface area (Å²) in [7, 11) is 1.31. The number of benzene rings is 2. The Labute approximate surface area is 197 Å². The van der Waals surface area contributed by atoms with Crippen LogP contribution < -0.4 is 5.56 Å². The number of esters is 1. The summed E-state index contributed by atoms with van der Waals surface area (Å²) in [4.78, 5) is 24.9. The molecule has 3 heterocycles. The molecule has 3 aromatic heterocycles. The summed E-state index contributed by atoms with van der Waals surface area (Å²) in [6.45, 7) is 0.308. The molecule has 2 aromatic carbocycles. The van der Waals surface area contributed by atoms with Crippen LogP contribution >= 0.6 is 11.8 Å². The van der Waals surface area contributed by atoms with Gasteiger partial charge in [0, 0.05) is 5.39 Å². The van der Waals surface area contributed by atoms with Crippen LogP contribution in [0.5, 0.6) is 0 Å². The highest BCUT2D eigenvalue weighted by molar-refractivity contribution is 7.98. The Balaban J connectivity index is 1.47. The van der Waals surface area contributed by atoms with Gasteiger partial charge >= 0.3 is 5.97 Å². The minimum Gasteiger partial charge on any atom is -0.468 e. The third-order valence-corrected chi connectivity index (χ3v) is 5.95. The Morgan fingerprint density at radius 3 is 2.59 bits per heavy atom. The first-order valence-corrected chi connectivity index (χ1v) is 11.3. The van der Waals surface area contributed by atoms with Crippen LogP contribution in [0.3, 0.4) is 0 Å². The topological polar surface area (TPSA) is 113 Å². The van der Waals surface area contributed by atoms with Gasteiger partial charge < -0.3 is 13.6 Å². The summed E-state index contributed by atoms with van der Waals surface area (Å²) >= 11 is 1.21. The van der Waals surface area contributed by atoms with E-state index < -0.39 is 5.97 Å². The van der Waals surface area contributed by atoms with Crippen LogP contribution in [-0.2, 0) is 17.0 Å². The molecule has 0 fully saturated rings. The van der Waals surface area contributed by atoms with E-state index in [0.717, 1.165) is 5.56 Å². The molecule has 0 amide bonds. The molecule has 0 aliphatic carbocycles. The number of thioether (sulfide) groups is 1. The second kappa shape index (κ2) is 9.36. The molecule has 0 saturated heterocycles. The van der Waals surface area contributed by atoms with Gasteiger partial charge in [0.05, 0.1) is 31.1 Å². The van der Waals surface area contributed by atoms with Gasteiger partial charge in [-0.15, -0.1) is 10.2 Å². The summed E-state index contributed by atoms with van der Waals surface area (Å²) in [5, 5.41) is 14.2. The van der Waals surface area contributed by atoms with E-state index in [1.807, 2.05) is 36.4 Å². The predicted octanol–water partition coefficient (Wildman–Crippen LogP) is 4.17. The maximum Gasteiger partial charge on any atom is 0.341 e. The summed E-state index contributed by atoms with van der Waals surface area (Å²) in [6.07, 6.45) is 1.42. The lowest BCUT2D eigenvalue weighted by atomic mass is 10.1. The summed E-state index contributed by atoms with van der Waals surface area (Å²) in [5.74, 6) is 0.442. The van der Waals surface area contributed by atoms with Gasteiger partial charge in [-0.25, -0.2) is 9.48 Å². The van der Waals surface area contributed by atoms with E-state index in [4.69, 9.17) is 13.6 Å². The molecular weight excluding hydrogens is 456 g/mol. The molecule has 0 spiro atoms. The van der Waals surface area contributed by atoms with Crippen LogP contribution in [0.4, 0.5) is 0 Å². The zero-order valence-corrected chi connectivity index (χ0v) is 18.8. The zero-order chi connectivity index (χ0) is 23.5. The fraction of sp³-hybridized carbons (Fsp3) is 0.125. The number of fused-ring (bicyclic) bond motifs is 1. The summed E-state index contributed by atoms with van der Waals surface area (Å²) in [6, 6.07) is 18.3. The smallest absolute Gasteiger partial charge is 0.341 e. The second-order valence-electron chi connectivity index (χ2n) is 7.25. The van der Waals surface area contributed by atoms with Crippen molar-refractivity contribution in [1.29, 1.82) is 0 Å². The average molecular weight is 474 g/mol. The maximum atomic E-state index is 13.0. The van der Waals surface area contributed by atoms with Crippen LogP contribution in [-0.4, -0.2) is 33.1 Å². The van der Waals surface area contributed by atoms with E-state index in [0.29, 0.717) is 40.1 Å². The number of rotatable bonds is 7. The Morgan fingerprint density at radius 1 is 1.03 bits per heavy atom. The molecule has 0 radical (unpaired) electrons. The van der Waals surface area contributed by atoms with Crippen molar-refractivity contribution in [2.45, 2.75) is 17.5 Å². The third-order valence-electron chi connectivity index (χ3n) is 5.13. The average Bonchev–Trinajstić information content (AvgIpc) is 3.54. The number of ether oxygens (including phenoxy) is 1. The maximum absolute atomic E-state index is 13.0. The van der Waals surface area contributed by atoms with Crippen molar-refractivity contribution in [1.82, 2.24) is 20.0 Å². The van der Waals surface area contributed by atoms with Gasteiger partial charge in [0.1, 0.15) is 11.3 Å². The van der Waals surface area contributed by atoms with Crippen molar-refractivity contribution in [2.24, 2.45) is 0 Å². The quantitative estimate of drug-likeness (QED) is 0.253. The van der Waals surface area contributed by atoms with Gasteiger partial charge in [-0.05, 0) is 17.7 Å². The Hall–Kier alpha value is -4.18. The molecule has 0 saturated carbocycles. The molecule has 0 aliphatic heterocycles. The van der Waals surface area contributed by atoms with Crippen LogP contribution in [0.1, 0.15) is 21.7 Å². The highest BCUT2D eigenvalue weighted by atomic mass is 32.2. The molecule has 0 bridgehead atoms. The van der Waals surface area contributed by atoms with E-state index in [9.17, 15) is 9.59 Å². The van der Waals surface area contributed by atoms with Crippen molar-refractivity contribution >= 4 is 28.5 Å². The van der Waals surface area contributed by atoms with Gasteiger partial charge in [-0.1, -0.05) is 60.3 Å².